The lowest BCUT2D eigenvalue weighted by Crippen LogP contribution is -2.37. The van der Waals surface area contributed by atoms with Crippen LogP contribution in [0.5, 0.6) is 0 Å². The van der Waals surface area contributed by atoms with E-state index in [0.29, 0.717) is 6.54 Å². The molecule has 0 unspecified atom stereocenters. The van der Waals surface area contributed by atoms with Crippen molar-refractivity contribution < 1.29 is 4.79 Å². The highest BCUT2D eigenvalue weighted by Gasteiger charge is 2.15. The summed E-state index contributed by atoms with van der Waals surface area (Å²) in [4.78, 5) is 16.3. The van der Waals surface area contributed by atoms with E-state index in [9.17, 15) is 4.79 Å². The van der Waals surface area contributed by atoms with Crippen molar-refractivity contribution in [3.8, 4) is 0 Å². The van der Waals surface area contributed by atoms with E-state index < -0.39 is 0 Å². The van der Waals surface area contributed by atoms with Crippen LogP contribution in [0.1, 0.15) is 32.3 Å². The highest BCUT2D eigenvalue weighted by molar-refractivity contribution is 5.78. The topological polar surface area (TPSA) is 35.6 Å². The number of carbonyl (C=O) groups is 1. The van der Waals surface area contributed by atoms with Gasteiger partial charge in [0.25, 0.3) is 0 Å². The molecule has 1 amide bonds. The lowest BCUT2D eigenvalue weighted by atomic mass is 10.1. The SMILES string of the molecule is CCN(CC)C(=O)CNCc1ccccc1N1CCCC1. The first kappa shape index (κ1) is 15.8. The Morgan fingerprint density at radius 3 is 2.52 bits per heavy atom. The summed E-state index contributed by atoms with van der Waals surface area (Å²) in [5.41, 5.74) is 2.60. The Kier molecular flexibility index (Phi) is 6.05. The highest BCUT2D eigenvalue weighted by atomic mass is 16.2. The molecule has 0 spiro atoms. The lowest BCUT2D eigenvalue weighted by molar-refractivity contribution is -0.129. The minimum absolute atomic E-state index is 0.179. The molecule has 1 saturated heterocycles. The van der Waals surface area contributed by atoms with Crippen LogP contribution in [0.3, 0.4) is 0 Å². The second-order valence-corrected chi connectivity index (χ2v) is 5.49. The number of hydrogen-bond donors (Lipinski definition) is 1. The van der Waals surface area contributed by atoms with Crippen LogP contribution in [0.25, 0.3) is 0 Å². The van der Waals surface area contributed by atoms with Crippen molar-refractivity contribution in [3.05, 3.63) is 29.8 Å². The number of benzene rings is 1. The van der Waals surface area contributed by atoms with Crippen LogP contribution >= 0.6 is 0 Å². The van der Waals surface area contributed by atoms with Crippen LogP contribution in [-0.2, 0) is 11.3 Å². The fraction of sp³-hybridized carbons (Fsp3) is 0.588. The molecule has 2 rings (SSSR count). The second kappa shape index (κ2) is 8.03. The first-order valence-electron chi connectivity index (χ1n) is 8.07. The number of likely N-dealkylation sites (N-methyl/N-ethyl adjacent to an activating group) is 1. The van der Waals surface area contributed by atoms with Gasteiger partial charge in [0.2, 0.25) is 5.91 Å². The number of anilines is 1. The molecule has 1 aliphatic rings. The van der Waals surface area contributed by atoms with Crippen LogP contribution in [0.4, 0.5) is 5.69 Å². The van der Waals surface area contributed by atoms with E-state index in [0.717, 1.165) is 32.7 Å². The molecule has 4 heteroatoms. The largest absolute Gasteiger partial charge is 0.371 e. The molecule has 1 aromatic carbocycles. The summed E-state index contributed by atoms with van der Waals surface area (Å²) in [6.07, 6.45) is 2.56. The van der Waals surface area contributed by atoms with Gasteiger partial charge in [-0.2, -0.15) is 0 Å². The molecule has 0 radical (unpaired) electrons. The average Bonchev–Trinajstić information content (AvgIpc) is 3.03. The molecule has 0 bridgehead atoms. The minimum atomic E-state index is 0.179. The highest BCUT2D eigenvalue weighted by Crippen LogP contribution is 2.24. The van der Waals surface area contributed by atoms with Crippen molar-refractivity contribution in [2.24, 2.45) is 0 Å². The summed E-state index contributed by atoms with van der Waals surface area (Å²) in [7, 11) is 0. The Morgan fingerprint density at radius 1 is 1.19 bits per heavy atom. The fourth-order valence-corrected chi connectivity index (χ4v) is 2.92. The predicted octanol–water partition coefficient (Wildman–Crippen LogP) is 2.24. The Hall–Kier alpha value is -1.55. The summed E-state index contributed by atoms with van der Waals surface area (Å²) in [5.74, 6) is 0.179. The molecular formula is C17H27N3O. The first-order chi connectivity index (χ1) is 10.3. The molecule has 21 heavy (non-hydrogen) atoms. The van der Waals surface area contributed by atoms with Gasteiger partial charge in [0.1, 0.15) is 0 Å². The van der Waals surface area contributed by atoms with E-state index in [4.69, 9.17) is 0 Å². The van der Waals surface area contributed by atoms with Crippen molar-refractivity contribution in [3.63, 3.8) is 0 Å². The van der Waals surface area contributed by atoms with Gasteiger partial charge in [-0.25, -0.2) is 0 Å². The van der Waals surface area contributed by atoms with Gasteiger partial charge in [-0.3, -0.25) is 4.79 Å². The normalized spacial score (nSPS) is 14.5. The number of hydrogen-bond acceptors (Lipinski definition) is 3. The number of nitrogens with one attached hydrogen (secondary N) is 1. The van der Waals surface area contributed by atoms with Gasteiger partial charge in [-0.05, 0) is 38.3 Å². The molecule has 1 N–H and O–H groups in total. The zero-order chi connectivity index (χ0) is 15.1. The standard InChI is InChI=1S/C17H27N3O/c1-3-19(4-2)17(21)14-18-13-15-9-5-6-10-16(15)20-11-7-8-12-20/h5-6,9-10,18H,3-4,7-8,11-14H2,1-2H3. The number of carbonyl (C=O) groups excluding carboxylic acids is 1. The summed E-state index contributed by atoms with van der Waals surface area (Å²) >= 11 is 0. The third-order valence-electron chi connectivity index (χ3n) is 4.15. The summed E-state index contributed by atoms with van der Waals surface area (Å²) in [6.45, 7) is 9.05. The number of para-hydroxylation sites is 1. The lowest BCUT2D eigenvalue weighted by Gasteiger charge is -2.22. The minimum Gasteiger partial charge on any atom is -0.371 e. The Balaban J connectivity index is 1.90. The first-order valence-corrected chi connectivity index (χ1v) is 8.07. The molecule has 1 fully saturated rings. The fourth-order valence-electron chi connectivity index (χ4n) is 2.92. The van der Waals surface area contributed by atoms with Gasteiger partial charge in [0.15, 0.2) is 0 Å². The van der Waals surface area contributed by atoms with Crippen LogP contribution in [0.2, 0.25) is 0 Å². The molecule has 0 aliphatic carbocycles. The van der Waals surface area contributed by atoms with Crippen LogP contribution in [-0.4, -0.2) is 43.5 Å². The molecule has 1 heterocycles. The number of rotatable bonds is 7. The Bertz CT molecular complexity index is 451. The quantitative estimate of drug-likeness (QED) is 0.836. The predicted molar refractivity (Wildman–Crippen MR) is 87.5 cm³/mol. The van der Waals surface area contributed by atoms with Gasteiger partial charge in [-0.1, -0.05) is 18.2 Å². The summed E-state index contributed by atoms with van der Waals surface area (Å²) < 4.78 is 0. The maximum Gasteiger partial charge on any atom is 0.236 e. The van der Waals surface area contributed by atoms with Gasteiger partial charge in [-0.15, -0.1) is 0 Å². The maximum absolute atomic E-state index is 12.0. The van der Waals surface area contributed by atoms with Crippen molar-refractivity contribution in [2.45, 2.75) is 33.2 Å². The van der Waals surface area contributed by atoms with Crippen molar-refractivity contribution in [1.82, 2.24) is 10.2 Å². The number of nitrogens with zero attached hydrogens (tertiary/aromatic N) is 2. The maximum atomic E-state index is 12.0. The van der Waals surface area contributed by atoms with Crippen molar-refractivity contribution in [1.29, 1.82) is 0 Å². The van der Waals surface area contributed by atoms with Crippen molar-refractivity contribution >= 4 is 11.6 Å². The van der Waals surface area contributed by atoms with E-state index in [1.807, 2.05) is 18.7 Å². The van der Waals surface area contributed by atoms with Crippen LogP contribution in [0, 0.1) is 0 Å². The van der Waals surface area contributed by atoms with Gasteiger partial charge >= 0.3 is 0 Å². The zero-order valence-corrected chi connectivity index (χ0v) is 13.3. The molecule has 116 valence electrons. The van der Waals surface area contributed by atoms with E-state index >= 15 is 0 Å². The van der Waals surface area contributed by atoms with Gasteiger partial charge < -0.3 is 15.1 Å². The third kappa shape index (κ3) is 4.21. The average molecular weight is 289 g/mol. The second-order valence-electron chi connectivity index (χ2n) is 5.49. The zero-order valence-electron chi connectivity index (χ0n) is 13.3. The van der Waals surface area contributed by atoms with Crippen LogP contribution in [0.15, 0.2) is 24.3 Å². The number of amides is 1. The molecule has 0 atom stereocenters. The molecule has 0 aromatic heterocycles. The smallest absolute Gasteiger partial charge is 0.236 e. The van der Waals surface area contributed by atoms with Crippen molar-refractivity contribution in [2.75, 3.05) is 37.6 Å². The Labute approximate surface area is 128 Å². The van der Waals surface area contributed by atoms with Crippen LogP contribution < -0.4 is 10.2 Å². The molecular weight excluding hydrogens is 262 g/mol. The van der Waals surface area contributed by atoms with E-state index in [1.165, 1.54) is 24.1 Å². The van der Waals surface area contributed by atoms with E-state index in [1.54, 1.807) is 0 Å². The van der Waals surface area contributed by atoms with Gasteiger partial charge in [0, 0.05) is 38.4 Å². The summed E-state index contributed by atoms with van der Waals surface area (Å²) in [5, 5.41) is 3.30. The Morgan fingerprint density at radius 2 is 1.86 bits per heavy atom. The van der Waals surface area contributed by atoms with E-state index in [-0.39, 0.29) is 5.91 Å². The molecule has 0 saturated carbocycles. The van der Waals surface area contributed by atoms with Gasteiger partial charge in [0.05, 0.1) is 6.54 Å². The molecule has 4 nitrogen and oxygen atoms in total. The monoisotopic (exact) mass is 289 g/mol. The van der Waals surface area contributed by atoms with E-state index in [2.05, 4.69) is 34.5 Å². The third-order valence-corrected chi connectivity index (χ3v) is 4.15. The molecule has 1 aromatic rings. The summed E-state index contributed by atoms with van der Waals surface area (Å²) in [6, 6.07) is 8.51. The molecule has 1 aliphatic heterocycles.